The van der Waals surface area contributed by atoms with Crippen LogP contribution >= 0.6 is 11.3 Å². The molecule has 0 aliphatic carbocycles. The first-order chi connectivity index (χ1) is 12.1. The molecule has 0 saturated carbocycles. The van der Waals surface area contributed by atoms with Crippen LogP contribution in [0.5, 0.6) is 0 Å². The van der Waals surface area contributed by atoms with Gasteiger partial charge in [-0.25, -0.2) is 0 Å². The van der Waals surface area contributed by atoms with Crippen molar-refractivity contribution in [2.75, 3.05) is 13.2 Å². The van der Waals surface area contributed by atoms with Gasteiger partial charge in [-0.05, 0) is 31.4 Å². The Morgan fingerprint density at radius 3 is 3.00 bits per heavy atom. The van der Waals surface area contributed by atoms with Crippen molar-refractivity contribution in [3.05, 3.63) is 45.6 Å². The van der Waals surface area contributed by atoms with Crippen LogP contribution in [-0.4, -0.2) is 33.0 Å². The predicted molar refractivity (Wildman–Crippen MR) is 99.5 cm³/mol. The van der Waals surface area contributed by atoms with Crippen molar-refractivity contribution in [1.82, 2.24) is 19.9 Å². The number of aryl methyl sites for hydroxylation is 2. The molecular formula is C19H26N4OS. The Kier molecular flexibility index (Phi) is 4.41. The second-order valence-electron chi connectivity index (χ2n) is 6.98. The first kappa shape index (κ1) is 16.8. The summed E-state index contributed by atoms with van der Waals surface area (Å²) in [5, 5.41) is 8.41. The highest BCUT2D eigenvalue weighted by molar-refractivity contribution is 7.12. The zero-order chi connectivity index (χ0) is 17.4. The Hall–Kier alpha value is -1.66. The van der Waals surface area contributed by atoms with Crippen LogP contribution in [0.1, 0.15) is 47.7 Å². The molecule has 4 rings (SSSR count). The van der Waals surface area contributed by atoms with E-state index in [4.69, 9.17) is 4.74 Å². The van der Waals surface area contributed by atoms with Crippen molar-refractivity contribution >= 4 is 11.3 Å². The Morgan fingerprint density at radius 1 is 1.40 bits per heavy atom. The number of likely N-dealkylation sites (tertiary alicyclic amines) is 1. The molecular weight excluding hydrogens is 332 g/mol. The van der Waals surface area contributed by atoms with Crippen molar-refractivity contribution in [2.45, 2.75) is 58.2 Å². The molecule has 5 nitrogen and oxygen atoms in total. The minimum atomic E-state index is -0.161. The van der Waals surface area contributed by atoms with Gasteiger partial charge in [0, 0.05) is 41.4 Å². The molecule has 0 unspecified atom stereocenters. The van der Waals surface area contributed by atoms with Gasteiger partial charge in [0.05, 0.1) is 19.3 Å². The molecule has 2 aliphatic rings. The second kappa shape index (κ2) is 6.57. The van der Waals surface area contributed by atoms with Crippen LogP contribution in [0, 0.1) is 0 Å². The molecule has 2 aromatic heterocycles. The molecule has 0 amide bonds. The highest BCUT2D eigenvalue weighted by Gasteiger charge is 2.43. The number of hydrogen-bond acceptors (Lipinski definition) is 5. The maximum Gasteiger partial charge on any atom is 0.102 e. The third-order valence-electron chi connectivity index (χ3n) is 5.39. The maximum absolute atomic E-state index is 6.37. The summed E-state index contributed by atoms with van der Waals surface area (Å²) in [7, 11) is 0. The summed E-state index contributed by atoms with van der Waals surface area (Å²) in [6.07, 6.45) is 6.08. The summed E-state index contributed by atoms with van der Waals surface area (Å²) in [6, 6.07) is 2.38. The molecule has 0 bridgehead atoms. The summed E-state index contributed by atoms with van der Waals surface area (Å²) in [4.78, 5) is 5.33. The normalized spacial score (nSPS) is 23.3. The first-order valence-corrected chi connectivity index (χ1v) is 10.0. The number of thiophene rings is 1. The summed E-state index contributed by atoms with van der Waals surface area (Å²) in [6.45, 7) is 12.1. The minimum absolute atomic E-state index is 0.161. The number of fused-ring (bicyclic) bond motifs is 2. The fourth-order valence-electron chi connectivity index (χ4n) is 3.96. The second-order valence-corrected chi connectivity index (χ2v) is 8.20. The monoisotopic (exact) mass is 358 g/mol. The van der Waals surface area contributed by atoms with Gasteiger partial charge in [0.25, 0.3) is 0 Å². The number of rotatable bonds is 4. The standard InChI is InChI=1S/C19H26N4OS/c1-4-16-10-17-18(25-16)6-9-24-19(17)7-8-22(14(3)11-19)12-15-13-23(5-2)21-20-15/h10,13H,3-9,11-12H2,1-2H3/t19-/m1/s1. The summed E-state index contributed by atoms with van der Waals surface area (Å²) in [5.41, 5.74) is 3.42. The molecule has 0 N–H and O–H groups in total. The van der Waals surface area contributed by atoms with E-state index in [0.717, 1.165) is 63.3 Å². The molecule has 25 heavy (non-hydrogen) atoms. The number of hydrogen-bond donors (Lipinski definition) is 0. The van der Waals surface area contributed by atoms with Crippen LogP contribution < -0.4 is 0 Å². The minimum Gasteiger partial charge on any atom is -0.369 e. The highest BCUT2D eigenvalue weighted by Crippen LogP contribution is 2.47. The molecule has 6 heteroatoms. The van der Waals surface area contributed by atoms with Gasteiger partial charge in [0.1, 0.15) is 11.3 Å². The van der Waals surface area contributed by atoms with Gasteiger partial charge < -0.3 is 9.64 Å². The molecule has 1 atom stereocenters. The third-order valence-corrected chi connectivity index (χ3v) is 6.73. The number of ether oxygens (including phenoxy) is 1. The first-order valence-electron chi connectivity index (χ1n) is 9.21. The van der Waals surface area contributed by atoms with Crippen molar-refractivity contribution in [3.8, 4) is 0 Å². The van der Waals surface area contributed by atoms with Crippen molar-refractivity contribution in [2.24, 2.45) is 0 Å². The van der Waals surface area contributed by atoms with E-state index in [0.29, 0.717) is 0 Å². The van der Waals surface area contributed by atoms with Crippen molar-refractivity contribution in [3.63, 3.8) is 0 Å². The lowest BCUT2D eigenvalue weighted by Gasteiger charge is -2.45. The van der Waals surface area contributed by atoms with Gasteiger partial charge in [0.2, 0.25) is 0 Å². The van der Waals surface area contributed by atoms with Crippen molar-refractivity contribution < 1.29 is 4.74 Å². The summed E-state index contributed by atoms with van der Waals surface area (Å²) >= 11 is 1.97. The molecule has 0 radical (unpaired) electrons. The molecule has 134 valence electrons. The SMILES string of the molecule is C=C1C[C@@]2(CCN1Cc1cn(CC)nn1)OCCc1sc(CC)cc12. The lowest BCUT2D eigenvalue weighted by atomic mass is 9.81. The van der Waals surface area contributed by atoms with E-state index < -0.39 is 0 Å². The van der Waals surface area contributed by atoms with E-state index in [1.165, 1.54) is 15.3 Å². The van der Waals surface area contributed by atoms with E-state index >= 15 is 0 Å². The van der Waals surface area contributed by atoms with Gasteiger partial charge in [-0.15, -0.1) is 16.4 Å². The average molecular weight is 359 g/mol. The average Bonchev–Trinajstić information content (AvgIpc) is 3.25. The highest BCUT2D eigenvalue weighted by atomic mass is 32.1. The predicted octanol–water partition coefficient (Wildman–Crippen LogP) is 3.50. The Morgan fingerprint density at radius 2 is 2.28 bits per heavy atom. The smallest absolute Gasteiger partial charge is 0.102 e. The molecule has 2 aromatic rings. The van der Waals surface area contributed by atoms with Crippen LogP contribution in [0.2, 0.25) is 0 Å². The zero-order valence-electron chi connectivity index (χ0n) is 15.1. The van der Waals surface area contributed by atoms with Crippen LogP contribution in [0.3, 0.4) is 0 Å². The van der Waals surface area contributed by atoms with E-state index in [1.807, 2.05) is 22.2 Å². The molecule has 0 aromatic carbocycles. The van der Waals surface area contributed by atoms with Gasteiger partial charge >= 0.3 is 0 Å². The van der Waals surface area contributed by atoms with E-state index in [1.54, 1.807) is 0 Å². The molecule has 2 aliphatic heterocycles. The van der Waals surface area contributed by atoms with Gasteiger partial charge in [-0.1, -0.05) is 18.7 Å². The fourth-order valence-corrected chi connectivity index (χ4v) is 5.13. The Labute approximate surface area is 153 Å². The van der Waals surface area contributed by atoms with Gasteiger partial charge in [-0.3, -0.25) is 4.68 Å². The lowest BCUT2D eigenvalue weighted by Crippen LogP contribution is -2.44. The number of aromatic nitrogens is 3. The van der Waals surface area contributed by atoms with Crippen molar-refractivity contribution in [1.29, 1.82) is 0 Å². The van der Waals surface area contributed by atoms with E-state index in [-0.39, 0.29) is 5.60 Å². The number of nitrogens with zero attached hydrogens (tertiary/aromatic N) is 4. The number of piperidine rings is 1. The summed E-state index contributed by atoms with van der Waals surface area (Å²) < 4.78 is 8.24. The molecule has 1 spiro atoms. The van der Waals surface area contributed by atoms with Crippen LogP contribution in [0.15, 0.2) is 24.5 Å². The van der Waals surface area contributed by atoms with E-state index in [9.17, 15) is 0 Å². The Bertz CT molecular complexity index is 780. The fraction of sp³-hybridized carbons (Fsp3) is 0.579. The van der Waals surface area contributed by atoms with Gasteiger partial charge in [-0.2, -0.15) is 0 Å². The largest absolute Gasteiger partial charge is 0.369 e. The van der Waals surface area contributed by atoms with Crippen LogP contribution in [0.4, 0.5) is 0 Å². The maximum atomic E-state index is 6.37. The van der Waals surface area contributed by atoms with Gasteiger partial charge in [0.15, 0.2) is 0 Å². The molecule has 1 saturated heterocycles. The van der Waals surface area contributed by atoms with Crippen LogP contribution in [-0.2, 0) is 36.3 Å². The molecule has 4 heterocycles. The van der Waals surface area contributed by atoms with E-state index in [2.05, 4.69) is 41.7 Å². The Balaban J connectivity index is 1.51. The van der Waals surface area contributed by atoms with Crippen LogP contribution in [0.25, 0.3) is 0 Å². The third kappa shape index (κ3) is 3.02. The quantitative estimate of drug-likeness (QED) is 0.839. The zero-order valence-corrected chi connectivity index (χ0v) is 15.9. The lowest BCUT2D eigenvalue weighted by molar-refractivity contribution is -0.0857. The summed E-state index contributed by atoms with van der Waals surface area (Å²) in [5.74, 6) is 0. The molecule has 1 fully saturated rings. The topological polar surface area (TPSA) is 43.2 Å².